The van der Waals surface area contributed by atoms with E-state index >= 15 is 0 Å². The average molecular weight is 268 g/mol. The molecule has 0 aliphatic carbocycles. The van der Waals surface area contributed by atoms with Gasteiger partial charge in [-0.15, -0.1) is 10.2 Å². The minimum Gasteiger partial charge on any atom is -0.461 e. The van der Waals surface area contributed by atoms with E-state index in [9.17, 15) is 4.79 Å². The minimum absolute atomic E-state index is 0.161. The Morgan fingerprint density at radius 1 is 1.20 bits per heavy atom. The van der Waals surface area contributed by atoms with Gasteiger partial charge in [-0.05, 0) is 6.92 Å². The fraction of sp³-hybridized carbons (Fsp3) is 0.143. The summed E-state index contributed by atoms with van der Waals surface area (Å²) in [5.41, 5.74) is 2.16. The number of carbonyl (C=O) groups is 1. The van der Waals surface area contributed by atoms with E-state index in [1.54, 1.807) is 23.7 Å². The molecule has 0 unspecified atom stereocenters. The van der Waals surface area contributed by atoms with Crippen molar-refractivity contribution in [2.24, 2.45) is 0 Å². The first kappa shape index (κ1) is 12.3. The van der Waals surface area contributed by atoms with E-state index in [4.69, 9.17) is 4.74 Å². The van der Waals surface area contributed by atoms with Crippen LogP contribution in [0.2, 0.25) is 0 Å². The summed E-state index contributed by atoms with van der Waals surface area (Å²) in [6.07, 6.45) is 1.62. The molecule has 0 atom stereocenters. The average Bonchev–Trinajstić information content (AvgIpc) is 2.95. The first-order valence-electron chi connectivity index (χ1n) is 6.24. The van der Waals surface area contributed by atoms with E-state index in [1.165, 1.54) is 0 Å². The number of benzene rings is 1. The van der Waals surface area contributed by atoms with E-state index in [0.717, 1.165) is 5.56 Å². The van der Waals surface area contributed by atoms with Gasteiger partial charge in [0.15, 0.2) is 11.3 Å². The van der Waals surface area contributed by atoms with Gasteiger partial charge in [-0.3, -0.25) is 0 Å². The zero-order valence-corrected chi connectivity index (χ0v) is 10.9. The zero-order valence-electron chi connectivity index (χ0n) is 10.9. The molecule has 0 amide bonds. The number of hydrogen-bond donors (Lipinski definition) is 0. The van der Waals surface area contributed by atoms with Crippen LogP contribution in [0, 0.1) is 0 Å². The summed E-state index contributed by atoms with van der Waals surface area (Å²) in [4.78, 5) is 12.0. The van der Waals surface area contributed by atoms with Crippen LogP contribution in [0.5, 0.6) is 0 Å². The lowest BCUT2D eigenvalue weighted by Gasteiger charge is -2.09. The van der Waals surface area contributed by atoms with Crippen LogP contribution in [0.1, 0.15) is 17.4 Å². The van der Waals surface area contributed by atoms with Gasteiger partial charge >= 0.3 is 5.97 Å². The predicted octanol–water partition coefficient (Wildman–Crippen LogP) is 1.97. The second-order valence-electron chi connectivity index (χ2n) is 4.08. The molecule has 0 bridgehead atoms. The maximum atomic E-state index is 12.0. The molecule has 20 heavy (non-hydrogen) atoms. The summed E-state index contributed by atoms with van der Waals surface area (Å²) >= 11 is 0. The van der Waals surface area contributed by atoms with Gasteiger partial charge in [0.05, 0.1) is 12.8 Å². The Balaban J connectivity index is 2.27. The zero-order chi connectivity index (χ0) is 13.9. The molecule has 3 rings (SSSR count). The second-order valence-corrected chi connectivity index (χ2v) is 4.08. The van der Waals surface area contributed by atoms with Gasteiger partial charge in [0.2, 0.25) is 0 Å². The minimum atomic E-state index is -0.503. The Bertz CT molecular complexity index is 752. The van der Waals surface area contributed by atoms with Gasteiger partial charge in [-0.25, -0.2) is 9.31 Å². The van der Waals surface area contributed by atoms with E-state index in [-0.39, 0.29) is 12.3 Å². The molecule has 0 aliphatic heterocycles. The van der Waals surface area contributed by atoms with Crippen LogP contribution in [0.25, 0.3) is 16.9 Å². The lowest BCUT2D eigenvalue weighted by Crippen LogP contribution is -2.13. The number of rotatable bonds is 3. The first-order chi connectivity index (χ1) is 9.81. The number of carbonyl (C=O) groups excluding carboxylic acids is 1. The molecule has 0 aliphatic rings. The van der Waals surface area contributed by atoms with Gasteiger partial charge in [-0.2, -0.15) is 5.10 Å². The van der Waals surface area contributed by atoms with E-state index in [0.29, 0.717) is 11.3 Å². The van der Waals surface area contributed by atoms with Crippen molar-refractivity contribution in [2.75, 3.05) is 6.61 Å². The molecule has 0 fully saturated rings. The molecule has 0 saturated heterocycles. The van der Waals surface area contributed by atoms with Crippen LogP contribution in [0.15, 0.2) is 42.6 Å². The highest BCUT2D eigenvalue weighted by atomic mass is 16.5. The number of fused-ring (bicyclic) bond motifs is 1. The molecule has 100 valence electrons. The van der Waals surface area contributed by atoms with Crippen LogP contribution in [0.3, 0.4) is 0 Å². The van der Waals surface area contributed by atoms with E-state index in [2.05, 4.69) is 15.3 Å². The Hall–Kier alpha value is -2.76. The molecule has 2 heterocycles. The fourth-order valence-electron chi connectivity index (χ4n) is 1.99. The van der Waals surface area contributed by atoms with E-state index < -0.39 is 5.97 Å². The number of aromatic nitrogens is 4. The molecule has 3 aromatic rings. The van der Waals surface area contributed by atoms with Crippen molar-refractivity contribution in [3.8, 4) is 11.3 Å². The third-order valence-corrected chi connectivity index (χ3v) is 2.83. The molecular weight excluding hydrogens is 256 g/mol. The molecule has 6 nitrogen and oxygen atoms in total. The molecule has 0 N–H and O–H groups in total. The van der Waals surface area contributed by atoms with Crippen molar-refractivity contribution in [2.45, 2.75) is 6.92 Å². The number of nitrogens with zero attached hydrogens (tertiary/aromatic N) is 4. The predicted molar refractivity (Wildman–Crippen MR) is 72.2 cm³/mol. The Kier molecular flexibility index (Phi) is 3.12. The maximum absolute atomic E-state index is 12.0. The van der Waals surface area contributed by atoms with Crippen molar-refractivity contribution < 1.29 is 9.53 Å². The third-order valence-electron chi connectivity index (χ3n) is 2.83. The van der Waals surface area contributed by atoms with Crippen molar-refractivity contribution in [3.63, 3.8) is 0 Å². The quantitative estimate of drug-likeness (QED) is 0.679. The molecule has 0 radical (unpaired) electrons. The monoisotopic (exact) mass is 268 g/mol. The van der Waals surface area contributed by atoms with Crippen molar-refractivity contribution >= 4 is 11.6 Å². The summed E-state index contributed by atoms with van der Waals surface area (Å²) < 4.78 is 6.62. The Labute approximate surface area is 115 Å². The summed E-state index contributed by atoms with van der Waals surface area (Å²) in [6, 6.07) is 11.2. The summed E-state index contributed by atoms with van der Waals surface area (Å²) in [6.45, 7) is 2.03. The molecule has 0 saturated carbocycles. The van der Waals surface area contributed by atoms with Gasteiger partial charge in [0.1, 0.15) is 5.69 Å². The molecule has 2 aromatic heterocycles. The highest BCUT2D eigenvalue weighted by Crippen LogP contribution is 2.22. The van der Waals surface area contributed by atoms with Gasteiger partial charge in [0.25, 0.3) is 0 Å². The second kappa shape index (κ2) is 5.08. The van der Waals surface area contributed by atoms with Crippen LogP contribution in [0.4, 0.5) is 0 Å². The first-order valence-corrected chi connectivity index (χ1v) is 6.24. The highest BCUT2D eigenvalue weighted by Gasteiger charge is 2.20. The van der Waals surface area contributed by atoms with E-state index in [1.807, 2.05) is 30.3 Å². The summed E-state index contributed by atoms with van der Waals surface area (Å²) in [5, 5.41) is 12.2. The lowest BCUT2D eigenvalue weighted by atomic mass is 10.1. The van der Waals surface area contributed by atoms with Gasteiger partial charge < -0.3 is 4.74 Å². The third kappa shape index (κ3) is 2.01. The van der Waals surface area contributed by atoms with Crippen LogP contribution in [-0.2, 0) is 4.74 Å². The number of hydrogen-bond acceptors (Lipinski definition) is 5. The summed E-state index contributed by atoms with van der Waals surface area (Å²) in [5.74, 6) is -0.503. The Morgan fingerprint density at radius 3 is 2.75 bits per heavy atom. The lowest BCUT2D eigenvalue weighted by molar-refractivity contribution is 0.0518. The maximum Gasteiger partial charge on any atom is 0.361 e. The number of ether oxygens (including phenoxy) is 1. The van der Waals surface area contributed by atoms with Crippen molar-refractivity contribution in [1.82, 2.24) is 19.8 Å². The van der Waals surface area contributed by atoms with Crippen LogP contribution >= 0.6 is 0 Å². The molecule has 1 aromatic carbocycles. The summed E-state index contributed by atoms with van der Waals surface area (Å²) in [7, 11) is 0. The Morgan fingerprint density at radius 2 is 2.00 bits per heavy atom. The van der Waals surface area contributed by atoms with Gasteiger partial charge in [0, 0.05) is 11.6 Å². The molecular formula is C14H12N4O2. The molecule has 6 heteroatoms. The standard InChI is InChI=1S/C14H12N4O2/c1-2-20-14(19)12-13(10-6-4-3-5-7-10)18-11(16-17-12)8-9-15-18/h3-9H,2H2,1H3. The van der Waals surface area contributed by atoms with Crippen molar-refractivity contribution in [3.05, 3.63) is 48.3 Å². The fourth-order valence-corrected chi connectivity index (χ4v) is 1.99. The largest absolute Gasteiger partial charge is 0.461 e. The SMILES string of the molecule is CCOC(=O)c1nnc2ccnn2c1-c1ccccc1. The van der Waals surface area contributed by atoms with Crippen LogP contribution in [-0.4, -0.2) is 32.4 Å². The highest BCUT2D eigenvalue weighted by molar-refractivity contribution is 5.94. The number of esters is 1. The van der Waals surface area contributed by atoms with Crippen LogP contribution < -0.4 is 0 Å². The van der Waals surface area contributed by atoms with Gasteiger partial charge in [-0.1, -0.05) is 30.3 Å². The topological polar surface area (TPSA) is 69.4 Å². The smallest absolute Gasteiger partial charge is 0.361 e. The van der Waals surface area contributed by atoms with Crippen molar-refractivity contribution in [1.29, 1.82) is 0 Å². The molecule has 0 spiro atoms. The normalized spacial score (nSPS) is 10.7.